The number of hydrogen-bond donors (Lipinski definition) is 2. The molecule has 0 aliphatic rings. The Hall–Kier alpha value is -1.56. The van der Waals surface area contributed by atoms with Gasteiger partial charge < -0.3 is 11.1 Å². The number of rotatable bonds is 4. The SMILES string of the molecule is C/C=C(\C)Nc1nc(N)c(C(=O)c2c(Cl)cccc2Cl)s1. The van der Waals surface area contributed by atoms with E-state index in [2.05, 4.69) is 10.3 Å². The van der Waals surface area contributed by atoms with E-state index in [1.807, 2.05) is 19.9 Å². The molecule has 0 saturated heterocycles. The third-order valence-electron chi connectivity index (χ3n) is 2.79. The van der Waals surface area contributed by atoms with Gasteiger partial charge in [0.05, 0.1) is 15.6 Å². The van der Waals surface area contributed by atoms with Crippen LogP contribution in [0.4, 0.5) is 10.9 Å². The lowest BCUT2D eigenvalue weighted by molar-refractivity contribution is 0.104. The number of nitrogens with zero attached hydrogens (tertiary/aromatic N) is 1. The van der Waals surface area contributed by atoms with E-state index >= 15 is 0 Å². The van der Waals surface area contributed by atoms with Gasteiger partial charge in [0.15, 0.2) is 5.13 Å². The van der Waals surface area contributed by atoms with E-state index < -0.39 is 0 Å². The largest absolute Gasteiger partial charge is 0.382 e. The standard InChI is InChI=1S/C14H13Cl2N3OS/c1-3-7(2)18-14-19-13(17)12(21-14)11(20)10-8(15)5-4-6-9(10)16/h3-6H,17H2,1-2H3,(H,18,19)/b7-3+. The van der Waals surface area contributed by atoms with Crippen LogP contribution < -0.4 is 11.1 Å². The van der Waals surface area contributed by atoms with Gasteiger partial charge in [-0.3, -0.25) is 4.79 Å². The highest BCUT2D eigenvalue weighted by Crippen LogP contribution is 2.33. The molecule has 2 aromatic rings. The molecule has 0 atom stereocenters. The lowest BCUT2D eigenvalue weighted by atomic mass is 10.1. The second-order valence-corrected chi connectivity index (χ2v) is 6.07. The van der Waals surface area contributed by atoms with Crippen molar-refractivity contribution < 1.29 is 4.79 Å². The van der Waals surface area contributed by atoms with Gasteiger partial charge in [0.2, 0.25) is 5.78 Å². The summed E-state index contributed by atoms with van der Waals surface area (Å²) in [6, 6.07) is 4.90. The van der Waals surface area contributed by atoms with E-state index in [1.54, 1.807) is 18.2 Å². The third kappa shape index (κ3) is 3.37. The summed E-state index contributed by atoms with van der Waals surface area (Å²) in [7, 11) is 0. The van der Waals surface area contributed by atoms with E-state index in [1.165, 1.54) is 11.3 Å². The number of nitrogens with two attached hydrogens (primary N) is 1. The molecular weight excluding hydrogens is 329 g/mol. The third-order valence-corrected chi connectivity index (χ3v) is 4.40. The predicted molar refractivity (Wildman–Crippen MR) is 89.5 cm³/mol. The Kier molecular flexibility index (Phi) is 4.88. The maximum Gasteiger partial charge on any atom is 0.209 e. The molecule has 0 aliphatic heterocycles. The number of nitrogens with one attached hydrogen (secondary N) is 1. The molecule has 21 heavy (non-hydrogen) atoms. The molecular formula is C14H13Cl2N3OS. The number of halogens is 2. The molecule has 1 aromatic heterocycles. The summed E-state index contributed by atoms with van der Waals surface area (Å²) >= 11 is 13.3. The minimum atomic E-state index is -0.327. The fourth-order valence-corrected chi connectivity index (χ4v) is 3.08. The van der Waals surface area contributed by atoms with Gasteiger partial charge in [-0.1, -0.05) is 46.7 Å². The van der Waals surface area contributed by atoms with Crippen LogP contribution in [0.25, 0.3) is 0 Å². The molecule has 1 aromatic carbocycles. The first kappa shape index (κ1) is 15.8. The molecule has 0 amide bonds. The minimum absolute atomic E-state index is 0.160. The number of allylic oxidation sites excluding steroid dienone is 2. The zero-order valence-electron chi connectivity index (χ0n) is 11.4. The Morgan fingerprint density at radius 3 is 2.57 bits per heavy atom. The predicted octanol–water partition coefficient (Wildman–Crippen LogP) is 4.60. The zero-order chi connectivity index (χ0) is 15.6. The first-order valence-electron chi connectivity index (χ1n) is 6.09. The summed E-state index contributed by atoms with van der Waals surface area (Å²) < 4.78 is 0. The normalized spacial score (nSPS) is 11.5. The van der Waals surface area contributed by atoms with E-state index in [9.17, 15) is 4.79 Å². The Labute approximate surface area is 136 Å². The number of aromatic nitrogens is 1. The Morgan fingerprint density at radius 1 is 1.38 bits per heavy atom. The molecule has 0 fully saturated rings. The van der Waals surface area contributed by atoms with Crippen molar-refractivity contribution in [2.24, 2.45) is 0 Å². The zero-order valence-corrected chi connectivity index (χ0v) is 13.7. The fraction of sp³-hybridized carbons (Fsp3) is 0.143. The average molecular weight is 342 g/mol. The molecule has 0 unspecified atom stereocenters. The highest BCUT2D eigenvalue weighted by atomic mass is 35.5. The van der Waals surface area contributed by atoms with Crippen LogP contribution in [0.1, 0.15) is 29.1 Å². The second kappa shape index (κ2) is 6.47. The van der Waals surface area contributed by atoms with Crippen molar-refractivity contribution in [3.05, 3.63) is 50.5 Å². The average Bonchev–Trinajstić information content (AvgIpc) is 2.79. The van der Waals surface area contributed by atoms with Crippen LogP contribution in [0.15, 0.2) is 30.0 Å². The van der Waals surface area contributed by atoms with Gasteiger partial charge in [-0.05, 0) is 26.0 Å². The number of anilines is 2. The van der Waals surface area contributed by atoms with E-state index in [-0.39, 0.29) is 17.2 Å². The summed E-state index contributed by atoms with van der Waals surface area (Å²) in [6.07, 6.45) is 1.89. The quantitative estimate of drug-likeness (QED) is 0.797. The number of nitrogen functional groups attached to an aromatic ring is 1. The number of carbonyl (C=O) groups is 1. The van der Waals surface area contributed by atoms with Gasteiger partial charge >= 0.3 is 0 Å². The smallest absolute Gasteiger partial charge is 0.209 e. The molecule has 0 bridgehead atoms. The summed E-state index contributed by atoms with van der Waals surface area (Å²) in [5.74, 6) is -0.167. The number of hydrogen-bond acceptors (Lipinski definition) is 5. The Bertz CT molecular complexity index is 705. The van der Waals surface area contributed by atoms with Gasteiger partial charge in [0.1, 0.15) is 10.7 Å². The van der Waals surface area contributed by atoms with Crippen LogP contribution in [0.5, 0.6) is 0 Å². The van der Waals surface area contributed by atoms with E-state index in [4.69, 9.17) is 28.9 Å². The summed E-state index contributed by atoms with van der Waals surface area (Å²) in [5.41, 5.74) is 6.99. The van der Waals surface area contributed by atoms with Crippen molar-refractivity contribution in [2.45, 2.75) is 13.8 Å². The molecule has 0 aliphatic carbocycles. The van der Waals surface area contributed by atoms with E-state index in [0.717, 1.165) is 5.70 Å². The molecule has 0 spiro atoms. The van der Waals surface area contributed by atoms with Gasteiger partial charge in [-0.2, -0.15) is 0 Å². The minimum Gasteiger partial charge on any atom is -0.382 e. The van der Waals surface area contributed by atoms with Crippen LogP contribution in [0, 0.1) is 0 Å². The summed E-state index contributed by atoms with van der Waals surface area (Å²) in [6.45, 7) is 3.79. The van der Waals surface area contributed by atoms with Crippen molar-refractivity contribution >= 4 is 51.3 Å². The topological polar surface area (TPSA) is 68.0 Å². The van der Waals surface area contributed by atoms with Crippen LogP contribution in [-0.2, 0) is 0 Å². The van der Waals surface area contributed by atoms with Crippen LogP contribution in [0.3, 0.4) is 0 Å². The number of carbonyl (C=O) groups excluding carboxylic acids is 1. The fourth-order valence-electron chi connectivity index (χ4n) is 1.62. The van der Waals surface area contributed by atoms with E-state index in [0.29, 0.717) is 20.1 Å². The van der Waals surface area contributed by atoms with Gasteiger partial charge in [0.25, 0.3) is 0 Å². The lowest BCUT2D eigenvalue weighted by Gasteiger charge is -2.04. The first-order valence-corrected chi connectivity index (χ1v) is 7.66. The van der Waals surface area contributed by atoms with Crippen molar-refractivity contribution in [3.63, 3.8) is 0 Å². The van der Waals surface area contributed by atoms with Crippen LogP contribution in [0.2, 0.25) is 10.0 Å². The lowest BCUT2D eigenvalue weighted by Crippen LogP contribution is -2.04. The van der Waals surface area contributed by atoms with Crippen molar-refractivity contribution in [1.29, 1.82) is 0 Å². The number of ketones is 1. The molecule has 0 saturated carbocycles. The van der Waals surface area contributed by atoms with Gasteiger partial charge in [0, 0.05) is 5.70 Å². The molecule has 3 N–H and O–H groups in total. The molecule has 7 heteroatoms. The van der Waals surface area contributed by atoms with Crippen LogP contribution in [-0.4, -0.2) is 10.8 Å². The highest BCUT2D eigenvalue weighted by Gasteiger charge is 2.22. The first-order chi connectivity index (χ1) is 9.93. The van der Waals surface area contributed by atoms with Crippen molar-refractivity contribution in [2.75, 3.05) is 11.1 Å². The maximum absolute atomic E-state index is 12.6. The maximum atomic E-state index is 12.6. The Balaban J connectivity index is 2.40. The molecule has 110 valence electrons. The molecule has 1 heterocycles. The second-order valence-electron chi connectivity index (χ2n) is 4.26. The molecule has 4 nitrogen and oxygen atoms in total. The van der Waals surface area contributed by atoms with Gasteiger partial charge in [-0.25, -0.2) is 4.98 Å². The van der Waals surface area contributed by atoms with Crippen molar-refractivity contribution in [3.8, 4) is 0 Å². The highest BCUT2D eigenvalue weighted by molar-refractivity contribution is 7.18. The Morgan fingerprint density at radius 2 is 2.00 bits per heavy atom. The summed E-state index contributed by atoms with van der Waals surface area (Å²) in [5, 5.41) is 4.19. The monoisotopic (exact) mass is 341 g/mol. The number of benzene rings is 1. The summed E-state index contributed by atoms with van der Waals surface area (Å²) in [4.78, 5) is 17.0. The van der Waals surface area contributed by atoms with Crippen LogP contribution >= 0.6 is 34.5 Å². The molecule has 0 radical (unpaired) electrons. The molecule has 2 rings (SSSR count). The van der Waals surface area contributed by atoms with Crippen molar-refractivity contribution in [1.82, 2.24) is 4.98 Å². The number of thiazole rings is 1. The van der Waals surface area contributed by atoms with Gasteiger partial charge in [-0.15, -0.1) is 0 Å².